The number of ether oxygens (including phenoxy) is 1. The molecule has 1 aromatic carbocycles. The van der Waals surface area contributed by atoms with E-state index in [4.69, 9.17) is 15.0 Å². The molecule has 6 nitrogen and oxygen atoms in total. The van der Waals surface area contributed by atoms with Crippen molar-refractivity contribution in [3.05, 3.63) is 35.7 Å². The van der Waals surface area contributed by atoms with Crippen LogP contribution in [-0.2, 0) is 4.74 Å². The van der Waals surface area contributed by atoms with Crippen LogP contribution in [0, 0.1) is 24.2 Å². The first-order valence-corrected chi connectivity index (χ1v) is 8.46. The number of aromatic nitrogens is 2. The molecule has 1 heterocycles. The predicted molar refractivity (Wildman–Crippen MR) is 95.7 cm³/mol. The third kappa shape index (κ3) is 4.59. The van der Waals surface area contributed by atoms with Crippen LogP contribution in [-0.4, -0.2) is 16.2 Å². The van der Waals surface area contributed by atoms with Crippen molar-refractivity contribution in [2.75, 3.05) is 0 Å². The van der Waals surface area contributed by atoms with Crippen LogP contribution in [0.15, 0.2) is 28.8 Å². The van der Waals surface area contributed by atoms with Gasteiger partial charge in [-0.3, -0.25) is 0 Å². The highest BCUT2D eigenvalue weighted by molar-refractivity contribution is 5.65. The molecule has 2 rings (SSSR count). The molecule has 1 aromatic heterocycles. The van der Waals surface area contributed by atoms with Crippen molar-refractivity contribution in [1.82, 2.24) is 10.1 Å². The first kappa shape index (κ1) is 19.0. The Morgan fingerprint density at radius 2 is 1.96 bits per heavy atom. The second-order valence-corrected chi connectivity index (χ2v) is 7.76. The molecule has 25 heavy (non-hydrogen) atoms. The van der Waals surface area contributed by atoms with Crippen LogP contribution in [0.3, 0.4) is 0 Å². The summed E-state index contributed by atoms with van der Waals surface area (Å²) in [6.07, 6.45) is -1.23. The molecule has 0 spiro atoms. The number of primary amides is 1. The highest BCUT2D eigenvalue weighted by Gasteiger charge is 2.37. The maximum absolute atomic E-state index is 11.6. The summed E-state index contributed by atoms with van der Waals surface area (Å²) in [6.45, 7) is 12.4. The summed E-state index contributed by atoms with van der Waals surface area (Å²) in [5.74, 6) is 1.39. The lowest BCUT2D eigenvalue weighted by Crippen LogP contribution is -2.35. The minimum absolute atomic E-state index is 0.0764. The third-order valence-corrected chi connectivity index (χ3v) is 4.29. The molecule has 2 unspecified atom stereocenters. The van der Waals surface area contributed by atoms with Gasteiger partial charge in [0.15, 0.2) is 0 Å². The van der Waals surface area contributed by atoms with E-state index in [-0.39, 0.29) is 11.3 Å². The average Bonchev–Trinajstić information content (AvgIpc) is 2.91. The van der Waals surface area contributed by atoms with Gasteiger partial charge in [-0.05, 0) is 23.0 Å². The maximum Gasteiger partial charge on any atom is 0.405 e. The lowest BCUT2D eigenvalue weighted by molar-refractivity contribution is -0.000611. The van der Waals surface area contributed by atoms with Crippen molar-refractivity contribution in [1.29, 1.82) is 0 Å². The molecular formula is C19H27N3O3. The summed E-state index contributed by atoms with van der Waals surface area (Å²) in [5.41, 5.74) is 6.96. The molecule has 0 radical (unpaired) electrons. The molecule has 0 bridgehead atoms. The Hall–Kier alpha value is -2.37. The van der Waals surface area contributed by atoms with Gasteiger partial charge in [0.25, 0.3) is 0 Å². The van der Waals surface area contributed by atoms with E-state index >= 15 is 0 Å². The van der Waals surface area contributed by atoms with Crippen molar-refractivity contribution in [3.8, 4) is 11.4 Å². The molecule has 0 saturated heterocycles. The Balaban J connectivity index is 2.49. The molecule has 1 amide bonds. The van der Waals surface area contributed by atoms with E-state index < -0.39 is 12.2 Å². The van der Waals surface area contributed by atoms with Gasteiger partial charge in [-0.1, -0.05) is 58.0 Å². The van der Waals surface area contributed by atoms with E-state index in [1.807, 2.05) is 24.3 Å². The minimum Gasteiger partial charge on any atom is -0.441 e. The van der Waals surface area contributed by atoms with Gasteiger partial charge in [0.2, 0.25) is 11.7 Å². The molecule has 6 heteroatoms. The summed E-state index contributed by atoms with van der Waals surface area (Å²) < 4.78 is 10.6. The van der Waals surface area contributed by atoms with Crippen LogP contribution >= 0.6 is 0 Å². The number of rotatable bonds is 5. The lowest BCUT2D eigenvalue weighted by Gasteiger charge is -2.39. The van der Waals surface area contributed by atoms with Gasteiger partial charge in [0.05, 0.1) is 0 Å². The zero-order valence-electron chi connectivity index (χ0n) is 15.7. The number of nitrogens with zero attached hydrogens (tertiary/aromatic N) is 2. The van der Waals surface area contributed by atoms with E-state index in [1.165, 1.54) is 0 Å². The van der Waals surface area contributed by atoms with Gasteiger partial charge in [0.1, 0.15) is 6.10 Å². The molecule has 0 fully saturated rings. The number of hydrogen-bond acceptors (Lipinski definition) is 5. The second-order valence-electron chi connectivity index (χ2n) is 7.76. The Labute approximate surface area is 148 Å². The quantitative estimate of drug-likeness (QED) is 0.861. The van der Waals surface area contributed by atoms with Crippen LogP contribution in [0.2, 0.25) is 0 Å². The zero-order valence-corrected chi connectivity index (χ0v) is 15.7. The molecule has 0 aliphatic rings. The molecular weight excluding hydrogens is 318 g/mol. The highest BCUT2D eigenvalue weighted by Crippen LogP contribution is 2.43. The Kier molecular flexibility index (Phi) is 5.50. The van der Waals surface area contributed by atoms with Gasteiger partial charge < -0.3 is 15.0 Å². The number of hydrogen-bond donors (Lipinski definition) is 1. The first-order chi connectivity index (χ1) is 11.6. The van der Waals surface area contributed by atoms with Gasteiger partial charge >= 0.3 is 6.09 Å². The zero-order chi connectivity index (χ0) is 18.8. The fourth-order valence-corrected chi connectivity index (χ4v) is 3.55. The average molecular weight is 345 g/mol. The Bertz CT molecular complexity index is 732. The number of carbonyl (C=O) groups is 1. The van der Waals surface area contributed by atoms with E-state index in [0.717, 1.165) is 11.1 Å². The fraction of sp³-hybridized carbons (Fsp3) is 0.526. The third-order valence-electron chi connectivity index (χ3n) is 4.29. The number of carbonyl (C=O) groups excluding carboxylic acids is 1. The van der Waals surface area contributed by atoms with Crippen LogP contribution in [0.1, 0.15) is 52.2 Å². The number of aryl methyl sites for hydroxylation is 1. The molecule has 136 valence electrons. The smallest absolute Gasteiger partial charge is 0.405 e. The van der Waals surface area contributed by atoms with Crippen LogP contribution in [0.25, 0.3) is 11.4 Å². The van der Waals surface area contributed by atoms with Gasteiger partial charge in [0, 0.05) is 18.4 Å². The second kappa shape index (κ2) is 7.25. The van der Waals surface area contributed by atoms with E-state index in [2.05, 4.69) is 44.8 Å². The standard InChI is InChI=1S/C19H27N3O3/c1-11(2)15(19(4,5)6)16(24-18(20)23)13-8-7-9-14(10-13)17-21-12(3)25-22-17/h7-11,15-16H,1-6H3,(H2,20,23). The summed E-state index contributed by atoms with van der Waals surface area (Å²) in [5, 5.41) is 3.96. The van der Waals surface area contributed by atoms with Crippen LogP contribution in [0.4, 0.5) is 4.79 Å². The maximum atomic E-state index is 11.6. The van der Waals surface area contributed by atoms with Gasteiger partial charge in [-0.2, -0.15) is 4.98 Å². The number of benzene rings is 1. The summed E-state index contributed by atoms with van der Waals surface area (Å²) in [6, 6.07) is 7.66. The molecule has 2 N–H and O–H groups in total. The van der Waals surface area contributed by atoms with Crippen molar-refractivity contribution in [2.45, 2.75) is 47.6 Å². The lowest BCUT2D eigenvalue weighted by atomic mass is 9.69. The fourth-order valence-electron chi connectivity index (χ4n) is 3.55. The van der Waals surface area contributed by atoms with Gasteiger partial charge in [-0.15, -0.1) is 0 Å². The predicted octanol–water partition coefficient (Wildman–Crippen LogP) is 4.50. The summed E-state index contributed by atoms with van der Waals surface area (Å²) in [7, 11) is 0. The number of nitrogens with two attached hydrogens (primary N) is 1. The van der Waals surface area contributed by atoms with Gasteiger partial charge in [-0.25, -0.2) is 4.79 Å². The van der Waals surface area contributed by atoms with E-state index in [1.54, 1.807) is 6.92 Å². The normalized spacial score (nSPS) is 14.4. The summed E-state index contributed by atoms with van der Waals surface area (Å²) >= 11 is 0. The molecule has 0 aliphatic carbocycles. The monoisotopic (exact) mass is 345 g/mol. The minimum atomic E-state index is -0.777. The summed E-state index contributed by atoms with van der Waals surface area (Å²) in [4.78, 5) is 15.8. The number of amides is 1. The van der Waals surface area contributed by atoms with Crippen molar-refractivity contribution in [3.63, 3.8) is 0 Å². The molecule has 2 atom stereocenters. The van der Waals surface area contributed by atoms with Crippen molar-refractivity contribution >= 4 is 6.09 Å². The molecule has 0 aliphatic heterocycles. The van der Waals surface area contributed by atoms with E-state index in [0.29, 0.717) is 17.6 Å². The van der Waals surface area contributed by atoms with Crippen LogP contribution < -0.4 is 5.73 Å². The highest BCUT2D eigenvalue weighted by atomic mass is 16.6. The SMILES string of the molecule is Cc1nc(-c2cccc(C(OC(N)=O)C(C(C)C)C(C)(C)C)c2)no1. The van der Waals surface area contributed by atoms with Crippen molar-refractivity contribution < 1.29 is 14.1 Å². The molecule has 0 saturated carbocycles. The first-order valence-electron chi connectivity index (χ1n) is 8.46. The van der Waals surface area contributed by atoms with Crippen molar-refractivity contribution in [2.24, 2.45) is 23.0 Å². The largest absolute Gasteiger partial charge is 0.441 e. The Morgan fingerprint density at radius 3 is 2.44 bits per heavy atom. The van der Waals surface area contributed by atoms with Crippen LogP contribution in [0.5, 0.6) is 0 Å². The topological polar surface area (TPSA) is 91.2 Å². The molecule has 2 aromatic rings. The van der Waals surface area contributed by atoms with E-state index in [9.17, 15) is 4.79 Å². The Morgan fingerprint density at radius 1 is 1.28 bits per heavy atom.